The third-order valence-electron chi connectivity index (χ3n) is 3.02. The summed E-state index contributed by atoms with van der Waals surface area (Å²) >= 11 is 7.60. The molecule has 1 amide bonds. The highest BCUT2D eigenvalue weighted by Crippen LogP contribution is 2.26. The fourth-order valence-corrected chi connectivity index (χ4v) is 2.93. The van der Waals surface area contributed by atoms with Crippen molar-refractivity contribution >= 4 is 40.6 Å². The monoisotopic (exact) mass is 350 g/mol. The Kier molecular flexibility index (Phi) is 6.43. The second kappa shape index (κ2) is 8.55. The van der Waals surface area contributed by atoms with Gasteiger partial charge in [0.2, 0.25) is 5.91 Å². The van der Waals surface area contributed by atoms with Gasteiger partial charge >= 0.3 is 0 Å². The van der Waals surface area contributed by atoms with Crippen LogP contribution in [0, 0.1) is 10.1 Å². The molecular formula is C16H15ClN2O3S. The SMILES string of the molecule is O=C(CCSCc1ccccc1)Nc1cc([N+](=O)[O-])ccc1Cl. The standard InChI is InChI=1S/C16H15ClN2O3S/c17-14-7-6-13(19(21)22)10-15(14)18-16(20)8-9-23-11-12-4-2-1-3-5-12/h1-7,10H,8-9,11H2,(H,18,20). The number of nitrogens with zero attached hydrogens (tertiary/aromatic N) is 1. The molecule has 5 nitrogen and oxygen atoms in total. The normalized spacial score (nSPS) is 10.3. The van der Waals surface area contributed by atoms with Gasteiger partial charge in [-0.2, -0.15) is 11.8 Å². The molecule has 0 aromatic heterocycles. The number of carbonyl (C=O) groups excluding carboxylic acids is 1. The van der Waals surface area contributed by atoms with E-state index in [9.17, 15) is 14.9 Å². The van der Waals surface area contributed by atoms with Gasteiger partial charge in [0.15, 0.2) is 0 Å². The van der Waals surface area contributed by atoms with Gasteiger partial charge in [-0.3, -0.25) is 14.9 Å². The zero-order valence-corrected chi connectivity index (χ0v) is 13.8. The number of nitro benzene ring substituents is 1. The van der Waals surface area contributed by atoms with Crippen molar-refractivity contribution < 1.29 is 9.72 Å². The lowest BCUT2D eigenvalue weighted by Crippen LogP contribution is -2.12. The van der Waals surface area contributed by atoms with Crippen LogP contribution in [0.25, 0.3) is 0 Å². The van der Waals surface area contributed by atoms with E-state index in [0.29, 0.717) is 12.2 Å². The Morgan fingerprint density at radius 3 is 2.65 bits per heavy atom. The fraction of sp³-hybridized carbons (Fsp3) is 0.188. The Bertz CT molecular complexity index is 695. The van der Waals surface area contributed by atoms with Crippen LogP contribution in [0.1, 0.15) is 12.0 Å². The predicted molar refractivity (Wildman–Crippen MR) is 94.0 cm³/mol. The number of halogens is 1. The van der Waals surface area contributed by atoms with Crippen LogP contribution in [0.15, 0.2) is 48.5 Å². The van der Waals surface area contributed by atoms with E-state index in [4.69, 9.17) is 11.6 Å². The molecule has 120 valence electrons. The van der Waals surface area contributed by atoms with Crippen molar-refractivity contribution in [2.45, 2.75) is 12.2 Å². The van der Waals surface area contributed by atoms with Crippen molar-refractivity contribution in [2.24, 2.45) is 0 Å². The number of nitro groups is 1. The molecule has 2 aromatic rings. The summed E-state index contributed by atoms with van der Waals surface area (Å²) in [6.07, 6.45) is 0.316. The maximum absolute atomic E-state index is 11.9. The molecule has 7 heteroatoms. The van der Waals surface area contributed by atoms with E-state index >= 15 is 0 Å². The van der Waals surface area contributed by atoms with Crippen LogP contribution in [-0.2, 0) is 10.5 Å². The lowest BCUT2D eigenvalue weighted by Gasteiger charge is -2.07. The van der Waals surface area contributed by atoms with Gasteiger partial charge in [0, 0.05) is 30.1 Å². The fourth-order valence-electron chi connectivity index (χ4n) is 1.86. The van der Waals surface area contributed by atoms with Gasteiger partial charge in [-0.15, -0.1) is 0 Å². The summed E-state index contributed by atoms with van der Waals surface area (Å²) in [4.78, 5) is 22.1. The van der Waals surface area contributed by atoms with Crippen LogP contribution in [0.3, 0.4) is 0 Å². The van der Waals surface area contributed by atoms with Gasteiger partial charge in [-0.1, -0.05) is 41.9 Å². The van der Waals surface area contributed by atoms with Gasteiger partial charge < -0.3 is 5.32 Å². The van der Waals surface area contributed by atoms with Gasteiger partial charge in [-0.05, 0) is 11.6 Å². The van der Waals surface area contributed by atoms with E-state index in [2.05, 4.69) is 5.32 Å². The molecule has 2 aromatic carbocycles. The average molecular weight is 351 g/mol. The Morgan fingerprint density at radius 1 is 1.22 bits per heavy atom. The number of hydrogen-bond acceptors (Lipinski definition) is 4. The number of non-ortho nitro benzene ring substituents is 1. The Balaban J connectivity index is 1.81. The molecule has 2 rings (SSSR count). The zero-order chi connectivity index (χ0) is 16.7. The first-order chi connectivity index (χ1) is 11.1. The van der Waals surface area contributed by atoms with Crippen molar-refractivity contribution in [1.82, 2.24) is 0 Å². The molecule has 0 aliphatic carbocycles. The first kappa shape index (κ1) is 17.3. The highest BCUT2D eigenvalue weighted by molar-refractivity contribution is 7.98. The predicted octanol–water partition coefficient (Wildman–Crippen LogP) is 4.51. The van der Waals surface area contributed by atoms with Crippen LogP contribution < -0.4 is 5.32 Å². The summed E-state index contributed by atoms with van der Waals surface area (Å²) in [6.45, 7) is 0. The Hall–Kier alpha value is -2.05. The van der Waals surface area contributed by atoms with Crippen LogP contribution in [0.4, 0.5) is 11.4 Å². The molecule has 0 unspecified atom stereocenters. The minimum absolute atomic E-state index is 0.108. The zero-order valence-electron chi connectivity index (χ0n) is 12.2. The molecule has 0 bridgehead atoms. The summed E-state index contributed by atoms with van der Waals surface area (Å²) in [5, 5.41) is 13.6. The number of rotatable bonds is 7. The van der Waals surface area contributed by atoms with Crippen LogP contribution >= 0.6 is 23.4 Å². The summed E-state index contributed by atoms with van der Waals surface area (Å²) < 4.78 is 0. The van der Waals surface area contributed by atoms with Gasteiger partial charge in [0.1, 0.15) is 0 Å². The van der Waals surface area contributed by atoms with Crippen molar-refractivity contribution in [3.63, 3.8) is 0 Å². The van der Waals surface area contributed by atoms with Gasteiger partial charge in [0.05, 0.1) is 15.6 Å². The number of anilines is 1. The van der Waals surface area contributed by atoms with Crippen molar-refractivity contribution in [3.8, 4) is 0 Å². The molecule has 0 aliphatic rings. The number of benzene rings is 2. The molecule has 23 heavy (non-hydrogen) atoms. The number of nitrogens with one attached hydrogen (secondary N) is 1. The first-order valence-corrected chi connectivity index (χ1v) is 8.45. The summed E-state index contributed by atoms with van der Waals surface area (Å²) in [5.74, 6) is 1.28. The van der Waals surface area contributed by atoms with Crippen molar-refractivity contribution in [3.05, 3.63) is 69.2 Å². The lowest BCUT2D eigenvalue weighted by molar-refractivity contribution is -0.384. The van der Waals surface area contributed by atoms with Gasteiger partial charge in [0.25, 0.3) is 5.69 Å². The van der Waals surface area contributed by atoms with E-state index < -0.39 is 4.92 Å². The lowest BCUT2D eigenvalue weighted by atomic mass is 10.2. The summed E-state index contributed by atoms with van der Waals surface area (Å²) in [7, 11) is 0. The second-order valence-electron chi connectivity index (χ2n) is 4.76. The van der Waals surface area contributed by atoms with E-state index in [-0.39, 0.29) is 22.3 Å². The third kappa shape index (κ3) is 5.58. The second-order valence-corrected chi connectivity index (χ2v) is 6.27. The Labute approximate surface area is 143 Å². The van der Waals surface area contributed by atoms with Crippen LogP contribution in [-0.4, -0.2) is 16.6 Å². The van der Waals surface area contributed by atoms with Gasteiger partial charge in [-0.25, -0.2) is 0 Å². The molecule has 0 heterocycles. The van der Waals surface area contributed by atoms with Crippen LogP contribution in [0.5, 0.6) is 0 Å². The quantitative estimate of drug-likeness (QED) is 0.453. The molecular weight excluding hydrogens is 336 g/mol. The number of carbonyl (C=O) groups is 1. The molecule has 0 spiro atoms. The van der Waals surface area contributed by atoms with E-state index in [1.807, 2.05) is 30.3 Å². The molecule has 0 saturated carbocycles. The summed E-state index contributed by atoms with van der Waals surface area (Å²) in [5.41, 5.74) is 1.36. The number of thioether (sulfide) groups is 1. The summed E-state index contributed by atoms with van der Waals surface area (Å²) in [6, 6.07) is 14.0. The average Bonchev–Trinajstić information content (AvgIpc) is 2.54. The number of amides is 1. The number of hydrogen-bond donors (Lipinski definition) is 1. The topological polar surface area (TPSA) is 72.2 Å². The smallest absolute Gasteiger partial charge is 0.271 e. The van der Waals surface area contributed by atoms with E-state index in [0.717, 1.165) is 5.75 Å². The van der Waals surface area contributed by atoms with Crippen molar-refractivity contribution in [2.75, 3.05) is 11.1 Å². The molecule has 1 N–H and O–H groups in total. The maximum Gasteiger partial charge on any atom is 0.271 e. The maximum atomic E-state index is 11.9. The van der Waals surface area contributed by atoms with Crippen LogP contribution in [0.2, 0.25) is 5.02 Å². The van der Waals surface area contributed by atoms with E-state index in [1.165, 1.54) is 23.8 Å². The molecule has 0 saturated heterocycles. The highest BCUT2D eigenvalue weighted by Gasteiger charge is 2.12. The largest absolute Gasteiger partial charge is 0.325 e. The third-order valence-corrected chi connectivity index (χ3v) is 4.38. The molecule has 0 atom stereocenters. The van der Waals surface area contributed by atoms with E-state index in [1.54, 1.807) is 11.8 Å². The molecule has 0 fully saturated rings. The minimum atomic E-state index is -0.526. The minimum Gasteiger partial charge on any atom is -0.325 e. The molecule has 0 aliphatic heterocycles. The van der Waals surface area contributed by atoms with Crippen molar-refractivity contribution in [1.29, 1.82) is 0 Å². The highest BCUT2D eigenvalue weighted by atomic mass is 35.5. The molecule has 0 radical (unpaired) electrons. The Morgan fingerprint density at radius 2 is 1.96 bits per heavy atom. The first-order valence-electron chi connectivity index (χ1n) is 6.92.